The third-order valence-electron chi connectivity index (χ3n) is 3.65. The van der Waals surface area contributed by atoms with Gasteiger partial charge in [-0.05, 0) is 56.0 Å². The number of nitrogen functional groups attached to an aromatic ring is 1. The number of nitrogens with two attached hydrogens (primary N) is 1. The van der Waals surface area contributed by atoms with Crippen molar-refractivity contribution in [3.8, 4) is 0 Å². The van der Waals surface area contributed by atoms with Crippen LogP contribution in [-0.2, 0) is 11.2 Å². The fourth-order valence-corrected chi connectivity index (χ4v) is 2.20. The lowest BCUT2D eigenvalue weighted by molar-refractivity contribution is -0.116. The van der Waals surface area contributed by atoms with Crippen molar-refractivity contribution in [3.05, 3.63) is 58.7 Å². The van der Waals surface area contributed by atoms with Gasteiger partial charge in [-0.3, -0.25) is 4.79 Å². The Morgan fingerprint density at radius 3 is 2.38 bits per heavy atom. The second-order valence-corrected chi connectivity index (χ2v) is 5.56. The molecule has 0 atom stereocenters. The number of carbonyl (C=O) groups is 1. The Morgan fingerprint density at radius 2 is 1.71 bits per heavy atom. The number of aryl methyl sites for hydroxylation is 4. The second kappa shape index (κ2) is 6.44. The Morgan fingerprint density at radius 1 is 1.05 bits per heavy atom. The number of hydrogen-bond acceptors (Lipinski definition) is 2. The lowest BCUT2D eigenvalue weighted by Gasteiger charge is -2.11. The molecule has 0 bridgehead atoms. The molecule has 110 valence electrons. The Kier molecular flexibility index (Phi) is 4.63. The van der Waals surface area contributed by atoms with E-state index in [2.05, 4.69) is 36.5 Å². The highest BCUT2D eigenvalue weighted by Gasteiger charge is 2.07. The summed E-state index contributed by atoms with van der Waals surface area (Å²) in [7, 11) is 0. The number of carbonyl (C=O) groups excluding carboxylic acids is 1. The van der Waals surface area contributed by atoms with Crippen LogP contribution in [0, 0.1) is 20.8 Å². The Bertz CT molecular complexity index is 645. The maximum absolute atomic E-state index is 12.1. The van der Waals surface area contributed by atoms with Gasteiger partial charge in [-0.2, -0.15) is 0 Å². The zero-order valence-corrected chi connectivity index (χ0v) is 12.9. The van der Waals surface area contributed by atoms with Crippen LogP contribution in [0.5, 0.6) is 0 Å². The first-order chi connectivity index (χ1) is 9.95. The van der Waals surface area contributed by atoms with Crippen LogP contribution in [0.3, 0.4) is 0 Å². The van der Waals surface area contributed by atoms with Crippen LogP contribution in [0.4, 0.5) is 11.4 Å². The zero-order valence-electron chi connectivity index (χ0n) is 12.9. The van der Waals surface area contributed by atoms with Gasteiger partial charge in [0.1, 0.15) is 0 Å². The average molecular weight is 282 g/mol. The number of amides is 1. The minimum absolute atomic E-state index is 0.0304. The Hall–Kier alpha value is -2.29. The van der Waals surface area contributed by atoms with E-state index in [1.807, 2.05) is 26.0 Å². The van der Waals surface area contributed by atoms with E-state index in [-0.39, 0.29) is 5.91 Å². The highest BCUT2D eigenvalue weighted by Crippen LogP contribution is 2.22. The van der Waals surface area contributed by atoms with Crippen LogP contribution in [0.25, 0.3) is 0 Å². The molecule has 0 saturated carbocycles. The summed E-state index contributed by atoms with van der Waals surface area (Å²) in [5.41, 5.74) is 11.8. The van der Waals surface area contributed by atoms with E-state index in [1.54, 1.807) is 0 Å². The number of benzene rings is 2. The lowest BCUT2D eigenvalue weighted by atomic mass is 10.1. The molecule has 3 N–H and O–H groups in total. The van der Waals surface area contributed by atoms with Crippen molar-refractivity contribution in [2.24, 2.45) is 0 Å². The number of anilines is 2. The first-order valence-corrected chi connectivity index (χ1v) is 7.18. The normalized spacial score (nSPS) is 10.4. The largest absolute Gasteiger partial charge is 0.399 e. The van der Waals surface area contributed by atoms with Crippen molar-refractivity contribution in [1.82, 2.24) is 0 Å². The molecule has 0 fully saturated rings. The number of rotatable bonds is 4. The van der Waals surface area contributed by atoms with Crippen LogP contribution in [0.1, 0.15) is 28.7 Å². The van der Waals surface area contributed by atoms with Crippen LogP contribution in [-0.4, -0.2) is 5.91 Å². The van der Waals surface area contributed by atoms with Crippen LogP contribution >= 0.6 is 0 Å². The summed E-state index contributed by atoms with van der Waals surface area (Å²) in [5.74, 6) is 0.0304. The smallest absolute Gasteiger partial charge is 0.224 e. The van der Waals surface area contributed by atoms with Crippen molar-refractivity contribution >= 4 is 17.3 Å². The molecular weight excluding hydrogens is 260 g/mol. The molecule has 1 amide bonds. The Labute approximate surface area is 126 Å². The van der Waals surface area contributed by atoms with Crippen molar-refractivity contribution in [3.63, 3.8) is 0 Å². The summed E-state index contributed by atoms with van der Waals surface area (Å²) in [5, 5.41) is 2.97. The van der Waals surface area contributed by atoms with E-state index >= 15 is 0 Å². The lowest BCUT2D eigenvalue weighted by Crippen LogP contribution is -2.13. The van der Waals surface area contributed by atoms with E-state index in [0.29, 0.717) is 6.42 Å². The molecule has 0 heterocycles. The summed E-state index contributed by atoms with van der Waals surface area (Å²) < 4.78 is 0. The molecule has 0 aliphatic heterocycles. The highest BCUT2D eigenvalue weighted by molar-refractivity contribution is 5.92. The van der Waals surface area contributed by atoms with Gasteiger partial charge < -0.3 is 11.1 Å². The van der Waals surface area contributed by atoms with Crippen LogP contribution < -0.4 is 11.1 Å². The fraction of sp³-hybridized carbons (Fsp3) is 0.278. The van der Waals surface area contributed by atoms with Gasteiger partial charge in [0.25, 0.3) is 0 Å². The summed E-state index contributed by atoms with van der Waals surface area (Å²) in [6, 6.07) is 12.1. The molecule has 0 aliphatic carbocycles. The van der Waals surface area contributed by atoms with Gasteiger partial charge in [-0.25, -0.2) is 0 Å². The molecule has 2 aromatic carbocycles. The zero-order chi connectivity index (χ0) is 15.4. The molecule has 3 heteroatoms. The molecule has 0 unspecified atom stereocenters. The second-order valence-electron chi connectivity index (χ2n) is 5.56. The number of hydrogen-bond donors (Lipinski definition) is 2. The third kappa shape index (κ3) is 4.09. The minimum Gasteiger partial charge on any atom is -0.399 e. The Balaban J connectivity index is 1.96. The van der Waals surface area contributed by atoms with Crippen molar-refractivity contribution < 1.29 is 4.79 Å². The molecule has 0 saturated heterocycles. The van der Waals surface area contributed by atoms with Crippen molar-refractivity contribution in [2.75, 3.05) is 11.1 Å². The van der Waals surface area contributed by atoms with Gasteiger partial charge in [0.15, 0.2) is 0 Å². The predicted molar refractivity (Wildman–Crippen MR) is 88.5 cm³/mol. The minimum atomic E-state index is 0.0304. The molecule has 0 aliphatic rings. The molecule has 0 radical (unpaired) electrons. The van der Waals surface area contributed by atoms with E-state index < -0.39 is 0 Å². The van der Waals surface area contributed by atoms with Crippen LogP contribution in [0.2, 0.25) is 0 Å². The maximum Gasteiger partial charge on any atom is 0.224 e. The standard InChI is InChI=1S/C18H22N2O/c1-12-4-6-15(7-5-12)8-9-18(21)20-17-11-13(2)16(19)10-14(17)3/h4-7,10-11H,8-9,19H2,1-3H3,(H,20,21). The predicted octanol–water partition coefficient (Wildman–Crippen LogP) is 3.77. The summed E-state index contributed by atoms with van der Waals surface area (Å²) >= 11 is 0. The quantitative estimate of drug-likeness (QED) is 0.839. The van der Waals surface area contributed by atoms with E-state index in [0.717, 1.165) is 28.9 Å². The molecule has 0 aromatic heterocycles. The molecule has 21 heavy (non-hydrogen) atoms. The topological polar surface area (TPSA) is 55.1 Å². The monoisotopic (exact) mass is 282 g/mol. The summed E-state index contributed by atoms with van der Waals surface area (Å²) in [4.78, 5) is 12.1. The van der Waals surface area contributed by atoms with E-state index in [4.69, 9.17) is 5.73 Å². The van der Waals surface area contributed by atoms with Gasteiger partial charge >= 0.3 is 0 Å². The maximum atomic E-state index is 12.1. The SMILES string of the molecule is Cc1ccc(CCC(=O)Nc2cc(C)c(N)cc2C)cc1. The number of nitrogens with one attached hydrogen (secondary N) is 1. The molecule has 2 aromatic rings. The first kappa shape index (κ1) is 15.1. The highest BCUT2D eigenvalue weighted by atomic mass is 16.1. The van der Waals surface area contributed by atoms with Gasteiger partial charge in [-0.15, -0.1) is 0 Å². The molecule has 0 spiro atoms. The van der Waals surface area contributed by atoms with Crippen molar-refractivity contribution in [2.45, 2.75) is 33.6 Å². The van der Waals surface area contributed by atoms with Gasteiger partial charge in [-0.1, -0.05) is 29.8 Å². The summed E-state index contributed by atoms with van der Waals surface area (Å²) in [6.07, 6.45) is 1.23. The van der Waals surface area contributed by atoms with E-state index in [1.165, 1.54) is 11.1 Å². The third-order valence-corrected chi connectivity index (χ3v) is 3.65. The average Bonchev–Trinajstić information content (AvgIpc) is 2.44. The van der Waals surface area contributed by atoms with Gasteiger partial charge in [0, 0.05) is 17.8 Å². The molecule has 3 nitrogen and oxygen atoms in total. The van der Waals surface area contributed by atoms with Gasteiger partial charge in [0.2, 0.25) is 5.91 Å². The van der Waals surface area contributed by atoms with E-state index in [9.17, 15) is 4.79 Å². The molecular formula is C18H22N2O. The van der Waals surface area contributed by atoms with Crippen molar-refractivity contribution in [1.29, 1.82) is 0 Å². The molecule has 2 rings (SSSR count). The fourth-order valence-electron chi connectivity index (χ4n) is 2.20. The first-order valence-electron chi connectivity index (χ1n) is 7.18. The van der Waals surface area contributed by atoms with Crippen LogP contribution in [0.15, 0.2) is 36.4 Å². The summed E-state index contributed by atoms with van der Waals surface area (Å²) in [6.45, 7) is 5.95. The van der Waals surface area contributed by atoms with Gasteiger partial charge in [0.05, 0.1) is 0 Å².